The minimum absolute atomic E-state index is 0.195. The summed E-state index contributed by atoms with van der Waals surface area (Å²) in [7, 11) is 0. The van der Waals surface area contributed by atoms with Gasteiger partial charge in [0.05, 0.1) is 0 Å². The molecular weight excluding hydrogens is 171 g/mol. The number of rotatable bonds is 3. The van der Waals surface area contributed by atoms with Crippen molar-refractivity contribution < 1.29 is 4.39 Å². The Labute approximate surface area is 76.4 Å². The molecule has 1 aromatic heterocycles. The zero-order valence-corrected chi connectivity index (χ0v) is 7.71. The molecular formula is C8H13FN4. The van der Waals surface area contributed by atoms with Gasteiger partial charge in [0.15, 0.2) is 0 Å². The molecule has 13 heavy (non-hydrogen) atoms. The summed E-state index contributed by atoms with van der Waals surface area (Å²) in [5.41, 5.74) is 5.80. The summed E-state index contributed by atoms with van der Waals surface area (Å²) >= 11 is 0. The van der Waals surface area contributed by atoms with Gasteiger partial charge >= 0.3 is 0 Å². The van der Waals surface area contributed by atoms with Gasteiger partial charge in [-0.2, -0.15) is 4.98 Å². The van der Waals surface area contributed by atoms with Crippen LogP contribution in [0.1, 0.15) is 19.4 Å². The van der Waals surface area contributed by atoms with Gasteiger partial charge in [-0.3, -0.25) is 0 Å². The summed E-state index contributed by atoms with van der Waals surface area (Å²) in [5.74, 6) is 0.630. The lowest BCUT2D eigenvalue weighted by Crippen LogP contribution is -2.13. The van der Waals surface area contributed by atoms with E-state index in [4.69, 9.17) is 5.73 Å². The monoisotopic (exact) mass is 184 g/mol. The summed E-state index contributed by atoms with van der Waals surface area (Å²) in [6.45, 7) is 3.29. The first kappa shape index (κ1) is 9.70. The highest BCUT2D eigenvalue weighted by molar-refractivity contribution is 5.42. The van der Waals surface area contributed by atoms with Crippen LogP contribution < -0.4 is 11.1 Å². The van der Waals surface area contributed by atoms with E-state index in [1.807, 2.05) is 13.8 Å². The number of aromatic nitrogens is 2. The van der Waals surface area contributed by atoms with Crippen LogP contribution in [-0.4, -0.2) is 16.0 Å². The van der Waals surface area contributed by atoms with Crippen molar-refractivity contribution in [3.05, 3.63) is 11.8 Å². The fourth-order valence-electron chi connectivity index (χ4n) is 0.851. The van der Waals surface area contributed by atoms with Gasteiger partial charge in [-0.25, -0.2) is 9.37 Å². The highest BCUT2D eigenvalue weighted by Gasteiger charge is 2.03. The molecule has 1 heterocycles. The van der Waals surface area contributed by atoms with Gasteiger partial charge in [-0.15, -0.1) is 0 Å². The highest BCUT2D eigenvalue weighted by atomic mass is 19.1. The lowest BCUT2D eigenvalue weighted by molar-refractivity contribution is 0.484. The van der Waals surface area contributed by atoms with Crippen molar-refractivity contribution in [1.29, 1.82) is 0 Å². The van der Waals surface area contributed by atoms with Crippen molar-refractivity contribution in [2.24, 2.45) is 0 Å². The molecule has 0 unspecified atom stereocenters. The number of nitrogens with two attached hydrogens (primary N) is 1. The molecule has 0 amide bonds. The number of anilines is 2. The summed E-state index contributed by atoms with van der Waals surface area (Å²) in [5, 5.41) is 2.97. The maximum atomic E-state index is 12.2. The van der Waals surface area contributed by atoms with E-state index < -0.39 is 6.67 Å². The van der Waals surface area contributed by atoms with Crippen LogP contribution in [0.2, 0.25) is 0 Å². The molecule has 0 bridgehead atoms. The fraction of sp³-hybridized carbons (Fsp3) is 0.500. The van der Waals surface area contributed by atoms with E-state index in [0.717, 1.165) is 0 Å². The predicted molar refractivity (Wildman–Crippen MR) is 50.0 cm³/mol. The van der Waals surface area contributed by atoms with Crippen LogP contribution in [0.25, 0.3) is 0 Å². The number of hydrogen-bond acceptors (Lipinski definition) is 4. The van der Waals surface area contributed by atoms with E-state index >= 15 is 0 Å². The van der Waals surface area contributed by atoms with Crippen LogP contribution in [0.5, 0.6) is 0 Å². The van der Waals surface area contributed by atoms with Gasteiger partial charge in [0.1, 0.15) is 12.5 Å². The third-order valence-corrected chi connectivity index (χ3v) is 1.46. The Morgan fingerprint density at radius 2 is 2.31 bits per heavy atom. The normalized spacial score (nSPS) is 10.5. The van der Waals surface area contributed by atoms with E-state index in [2.05, 4.69) is 15.3 Å². The first-order valence-electron chi connectivity index (χ1n) is 4.07. The summed E-state index contributed by atoms with van der Waals surface area (Å²) in [4.78, 5) is 7.81. The van der Waals surface area contributed by atoms with Crippen molar-refractivity contribution in [2.75, 3.05) is 11.1 Å². The van der Waals surface area contributed by atoms with E-state index in [9.17, 15) is 4.39 Å². The molecule has 0 spiro atoms. The molecule has 0 fully saturated rings. The summed E-state index contributed by atoms with van der Waals surface area (Å²) in [6.07, 6.45) is 1.40. The predicted octanol–water partition coefficient (Wildman–Crippen LogP) is 1.35. The molecule has 0 atom stereocenters. The number of nitrogens with one attached hydrogen (secondary N) is 1. The first-order valence-corrected chi connectivity index (χ1v) is 4.07. The maximum Gasteiger partial charge on any atom is 0.224 e. The lowest BCUT2D eigenvalue weighted by Gasteiger charge is -2.08. The minimum Gasteiger partial charge on any atom is -0.383 e. The number of halogens is 1. The molecule has 0 saturated heterocycles. The van der Waals surface area contributed by atoms with Crippen molar-refractivity contribution in [3.63, 3.8) is 0 Å². The Bertz CT molecular complexity index is 287. The number of nitrogen functional groups attached to an aromatic ring is 1. The van der Waals surface area contributed by atoms with Crippen LogP contribution in [0.4, 0.5) is 16.2 Å². The van der Waals surface area contributed by atoms with Crippen LogP contribution in [-0.2, 0) is 6.67 Å². The Kier molecular flexibility index (Phi) is 3.00. The second kappa shape index (κ2) is 4.02. The molecule has 0 aliphatic heterocycles. The molecule has 4 nitrogen and oxygen atoms in total. The van der Waals surface area contributed by atoms with E-state index in [0.29, 0.717) is 11.5 Å². The zero-order valence-electron chi connectivity index (χ0n) is 7.71. The standard InChI is InChI=1S/C8H13FN4/c1-5(2)12-8-11-4-6(3-9)7(10)13-8/h4-5H,3H2,1-2H3,(H3,10,11,12,13). The van der Waals surface area contributed by atoms with E-state index in [1.54, 1.807) is 0 Å². The van der Waals surface area contributed by atoms with Crippen molar-refractivity contribution >= 4 is 11.8 Å². The molecule has 1 aromatic rings. The van der Waals surface area contributed by atoms with E-state index in [-0.39, 0.29) is 11.9 Å². The van der Waals surface area contributed by atoms with Crippen LogP contribution in [0.3, 0.4) is 0 Å². The van der Waals surface area contributed by atoms with Crippen LogP contribution >= 0.6 is 0 Å². The Hall–Kier alpha value is -1.39. The molecule has 1 rings (SSSR count). The Morgan fingerprint density at radius 1 is 1.62 bits per heavy atom. The smallest absolute Gasteiger partial charge is 0.224 e. The largest absolute Gasteiger partial charge is 0.383 e. The number of alkyl halides is 1. The fourth-order valence-corrected chi connectivity index (χ4v) is 0.851. The summed E-state index contributed by atoms with van der Waals surface area (Å²) < 4.78 is 12.2. The van der Waals surface area contributed by atoms with Crippen molar-refractivity contribution in [1.82, 2.24) is 9.97 Å². The highest BCUT2D eigenvalue weighted by Crippen LogP contribution is 2.11. The number of nitrogens with zero attached hydrogens (tertiary/aromatic N) is 2. The molecule has 3 N–H and O–H groups in total. The van der Waals surface area contributed by atoms with Gasteiger partial charge in [-0.1, -0.05) is 0 Å². The van der Waals surface area contributed by atoms with Gasteiger partial charge < -0.3 is 11.1 Å². The van der Waals surface area contributed by atoms with Crippen molar-refractivity contribution in [3.8, 4) is 0 Å². The first-order chi connectivity index (χ1) is 6.13. The SMILES string of the molecule is CC(C)Nc1ncc(CF)c(N)n1. The maximum absolute atomic E-state index is 12.2. The van der Waals surface area contributed by atoms with Gasteiger partial charge in [0, 0.05) is 17.8 Å². The molecule has 0 aliphatic carbocycles. The Balaban J connectivity index is 2.83. The molecule has 0 radical (unpaired) electrons. The lowest BCUT2D eigenvalue weighted by atomic mass is 10.3. The average Bonchev–Trinajstić information content (AvgIpc) is 2.03. The molecule has 5 heteroatoms. The average molecular weight is 184 g/mol. The van der Waals surface area contributed by atoms with Gasteiger partial charge in [0.25, 0.3) is 0 Å². The van der Waals surface area contributed by atoms with E-state index in [1.165, 1.54) is 6.20 Å². The molecule has 72 valence electrons. The van der Waals surface area contributed by atoms with Gasteiger partial charge in [0.2, 0.25) is 5.95 Å². The molecule has 0 aromatic carbocycles. The minimum atomic E-state index is -0.631. The second-order valence-electron chi connectivity index (χ2n) is 3.04. The van der Waals surface area contributed by atoms with Crippen molar-refractivity contribution in [2.45, 2.75) is 26.6 Å². The number of hydrogen-bond donors (Lipinski definition) is 2. The molecule has 0 aliphatic rings. The third kappa shape index (κ3) is 2.54. The van der Waals surface area contributed by atoms with Gasteiger partial charge in [-0.05, 0) is 13.8 Å². The van der Waals surface area contributed by atoms with Crippen LogP contribution in [0.15, 0.2) is 6.20 Å². The van der Waals surface area contributed by atoms with Crippen LogP contribution in [0, 0.1) is 0 Å². The quantitative estimate of drug-likeness (QED) is 0.744. The Morgan fingerprint density at radius 3 is 2.77 bits per heavy atom. The summed E-state index contributed by atoms with van der Waals surface area (Å²) in [6, 6.07) is 0.232. The second-order valence-corrected chi connectivity index (χ2v) is 3.04. The molecule has 0 saturated carbocycles. The zero-order chi connectivity index (χ0) is 9.84. The topological polar surface area (TPSA) is 63.8 Å². The third-order valence-electron chi connectivity index (χ3n) is 1.46.